The summed E-state index contributed by atoms with van der Waals surface area (Å²) in [6.45, 7) is 4.08. The van der Waals surface area contributed by atoms with Gasteiger partial charge in [0, 0.05) is 108 Å². The highest BCUT2D eigenvalue weighted by Gasteiger charge is 2.46. The van der Waals surface area contributed by atoms with E-state index in [1.807, 2.05) is 41.0 Å². The second kappa shape index (κ2) is 38.1. The SMILES string of the molecule is C#C[C@H]1CC(F)(F)CN1C(=O)CNC(=O)c1ccnc2ccc(OCCCC3CCN(C(=O)[C@H](CC(=O)OC)NC(=O)[C@H](CSCCNC(=O)CCCc4ccc(C)cc4)NC(=O)CN4CCN(COC=O)CCN(COC=O)CCN(CC(=O)O)CC4)CC3)cc12. The molecule has 5 N–H and O–H groups in total. The first-order valence-corrected chi connectivity index (χ1v) is 31.9. The number of nitrogens with zero attached hydrogens (tertiary/aromatic N) is 7. The van der Waals surface area contributed by atoms with Crippen LogP contribution in [0.5, 0.6) is 5.75 Å². The Balaban J connectivity index is 1.05. The number of carbonyl (C=O) groups excluding carboxylic acids is 9. The van der Waals surface area contributed by atoms with Gasteiger partial charge in [0.15, 0.2) is 0 Å². The molecular weight excluding hydrogens is 1220 g/mol. The molecule has 0 radical (unpaired) electrons. The van der Waals surface area contributed by atoms with E-state index in [4.69, 9.17) is 25.4 Å². The smallest absolute Gasteiger partial charge is 0.317 e. The van der Waals surface area contributed by atoms with Gasteiger partial charge in [0.05, 0.1) is 63.4 Å². The van der Waals surface area contributed by atoms with E-state index in [1.165, 1.54) is 24.0 Å². The number of alkyl halides is 2. The number of aryl methyl sites for hydroxylation is 2. The zero-order valence-corrected chi connectivity index (χ0v) is 53.0. The molecule has 92 heavy (non-hydrogen) atoms. The number of halogens is 2. The van der Waals surface area contributed by atoms with Crippen LogP contribution in [0.15, 0.2) is 54.7 Å². The molecule has 1 aromatic heterocycles. The van der Waals surface area contributed by atoms with Crippen molar-refractivity contribution in [3.05, 3.63) is 71.4 Å². The van der Waals surface area contributed by atoms with Crippen molar-refractivity contribution in [1.82, 2.24) is 55.7 Å². The monoisotopic (exact) mass is 1310 g/mol. The summed E-state index contributed by atoms with van der Waals surface area (Å²) < 4.78 is 49.2. The first kappa shape index (κ1) is 73.0. The van der Waals surface area contributed by atoms with Crippen molar-refractivity contribution in [2.24, 2.45) is 5.92 Å². The summed E-state index contributed by atoms with van der Waals surface area (Å²) in [6.07, 6.45) is 9.97. The van der Waals surface area contributed by atoms with Crippen LogP contribution >= 0.6 is 11.8 Å². The normalized spacial score (nSPS) is 17.8. The second-order valence-electron chi connectivity index (χ2n) is 22.9. The molecule has 0 spiro atoms. The summed E-state index contributed by atoms with van der Waals surface area (Å²) in [4.78, 5) is 143. The lowest BCUT2D eigenvalue weighted by Crippen LogP contribution is -2.57. The van der Waals surface area contributed by atoms with Gasteiger partial charge in [-0.05, 0) is 81.2 Å². The molecule has 502 valence electrons. The molecule has 2 aromatic carbocycles. The topological polar surface area (TPSA) is 308 Å². The standard InChI is InChI=1S/C63H85F2N11O15S/c1-4-48-35-63(64,65)40-76(48)57(81)36-68-60(85)50-16-19-66-52-15-14-49(33-51(50)52)91-31-6-8-47-17-21-75(22-18-47)62(87)53(34-59(84)88-3)70-61(86)54(39-92-32-20-67-55(79)9-5-7-46-12-10-45(2)11-13-46)69-56(80)37-71-23-24-72(38-58(82)83)26-28-74(42-90-44-78)30-29-73(27-25-71)41-89-43-77/h1,10-16,19,33,43-44,47-48,53-54H,5-9,17-18,20-32,34-42H2,2-3H3,(H,67,79)(H,68,85)(H,69,80)(H,70,86)(H,82,83)/t48-,53-,54-/m0/s1. The van der Waals surface area contributed by atoms with Gasteiger partial charge in [-0.2, -0.15) is 11.8 Å². The number of carboxylic acids is 1. The molecule has 0 saturated carbocycles. The van der Waals surface area contributed by atoms with Gasteiger partial charge in [-0.25, -0.2) is 8.78 Å². The Morgan fingerprint density at radius 3 is 2.10 bits per heavy atom. The van der Waals surface area contributed by atoms with E-state index in [9.17, 15) is 61.8 Å². The largest absolute Gasteiger partial charge is 0.494 e. The number of carbonyl (C=O) groups is 10. The number of aliphatic carboxylic acids is 1. The van der Waals surface area contributed by atoms with E-state index in [0.717, 1.165) is 36.0 Å². The van der Waals surface area contributed by atoms with Crippen LogP contribution in [-0.4, -0.2) is 261 Å². The van der Waals surface area contributed by atoms with Crippen molar-refractivity contribution >= 4 is 83.0 Å². The number of ether oxygens (including phenoxy) is 4. The molecule has 4 heterocycles. The van der Waals surface area contributed by atoms with E-state index < -0.39 is 91.5 Å². The number of thioether (sulfide) groups is 1. The summed E-state index contributed by atoms with van der Waals surface area (Å²) in [6, 6.07) is 11.0. The predicted octanol–water partition coefficient (Wildman–Crippen LogP) is 1.51. The fraction of sp³-hybridized carbons (Fsp3) is 0.571. The van der Waals surface area contributed by atoms with Gasteiger partial charge >= 0.3 is 11.9 Å². The number of hydrogen-bond donors (Lipinski definition) is 5. The number of esters is 1. The molecule has 0 unspecified atom stereocenters. The number of fused-ring (bicyclic) bond motifs is 1. The highest BCUT2D eigenvalue weighted by Crippen LogP contribution is 2.32. The number of hydrogen-bond acceptors (Lipinski definition) is 20. The molecule has 3 aromatic rings. The Kier molecular flexibility index (Phi) is 30.2. The summed E-state index contributed by atoms with van der Waals surface area (Å²) in [7, 11) is 1.16. The summed E-state index contributed by atoms with van der Waals surface area (Å²) in [5.74, 6) is -5.03. The van der Waals surface area contributed by atoms with E-state index in [0.29, 0.717) is 113 Å². The van der Waals surface area contributed by atoms with Gasteiger partial charge in [0.2, 0.25) is 29.5 Å². The van der Waals surface area contributed by atoms with Gasteiger partial charge in [0.25, 0.3) is 24.8 Å². The number of piperidine rings is 1. The van der Waals surface area contributed by atoms with E-state index in [1.54, 1.807) is 32.9 Å². The van der Waals surface area contributed by atoms with Crippen LogP contribution in [0.2, 0.25) is 0 Å². The third-order valence-corrected chi connectivity index (χ3v) is 17.2. The number of aromatic nitrogens is 1. The molecule has 3 atom stereocenters. The maximum absolute atomic E-state index is 14.5. The fourth-order valence-electron chi connectivity index (χ4n) is 10.9. The predicted molar refractivity (Wildman–Crippen MR) is 335 cm³/mol. The summed E-state index contributed by atoms with van der Waals surface area (Å²) in [5.41, 5.74) is 2.95. The first-order valence-electron chi connectivity index (χ1n) is 30.8. The molecular formula is C63H85F2N11O15S. The van der Waals surface area contributed by atoms with Crippen molar-refractivity contribution < 1.29 is 80.8 Å². The van der Waals surface area contributed by atoms with Crippen molar-refractivity contribution in [2.75, 3.05) is 137 Å². The quantitative estimate of drug-likeness (QED) is 0.0190. The lowest BCUT2D eigenvalue weighted by molar-refractivity contribution is -0.146. The highest BCUT2D eigenvalue weighted by atomic mass is 32.2. The minimum atomic E-state index is -3.12. The number of amides is 6. The Hall–Kier alpha value is -8.04. The highest BCUT2D eigenvalue weighted by molar-refractivity contribution is 7.99. The minimum Gasteiger partial charge on any atom is -0.494 e. The first-order chi connectivity index (χ1) is 44.3. The van der Waals surface area contributed by atoms with Crippen molar-refractivity contribution in [1.29, 1.82) is 0 Å². The second-order valence-corrected chi connectivity index (χ2v) is 24.1. The molecule has 3 aliphatic rings. The van der Waals surface area contributed by atoms with Crippen LogP contribution in [0.1, 0.15) is 72.9 Å². The van der Waals surface area contributed by atoms with Gasteiger partial charge in [-0.15, -0.1) is 6.42 Å². The molecule has 26 nitrogen and oxygen atoms in total. The molecule has 29 heteroatoms. The van der Waals surface area contributed by atoms with Crippen LogP contribution < -0.4 is 26.0 Å². The lowest BCUT2D eigenvalue weighted by Gasteiger charge is -2.34. The van der Waals surface area contributed by atoms with Gasteiger partial charge in [-0.3, -0.25) is 72.5 Å². The molecule has 3 saturated heterocycles. The number of pyridine rings is 1. The number of methoxy groups -OCH3 is 1. The van der Waals surface area contributed by atoms with E-state index >= 15 is 0 Å². The van der Waals surface area contributed by atoms with Crippen LogP contribution in [0, 0.1) is 25.2 Å². The Morgan fingerprint density at radius 2 is 1.47 bits per heavy atom. The number of carboxylic acid groups (broad SMARTS) is 1. The lowest BCUT2D eigenvalue weighted by atomic mass is 9.92. The van der Waals surface area contributed by atoms with Gasteiger partial charge in [-0.1, -0.05) is 35.7 Å². The number of benzene rings is 2. The van der Waals surface area contributed by atoms with Crippen molar-refractivity contribution in [3.63, 3.8) is 0 Å². The summed E-state index contributed by atoms with van der Waals surface area (Å²) in [5, 5.41) is 21.2. The zero-order valence-electron chi connectivity index (χ0n) is 52.2. The van der Waals surface area contributed by atoms with E-state index in [-0.39, 0.29) is 82.4 Å². The number of terminal acetylenes is 1. The van der Waals surface area contributed by atoms with E-state index in [2.05, 4.69) is 32.2 Å². The maximum atomic E-state index is 14.5. The third kappa shape index (κ3) is 24.9. The van der Waals surface area contributed by atoms with Crippen LogP contribution in [0.3, 0.4) is 0 Å². The van der Waals surface area contributed by atoms with Crippen molar-refractivity contribution in [2.45, 2.75) is 88.8 Å². The third-order valence-electron chi connectivity index (χ3n) is 16.1. The average Bonchev–Trinajstić information content (AvgIpc) is 1.32. The molecule has 3 aliphatic heterocycles. The molecule has 0 bridgehead atoms. The minimum absolute atomic E-state index is 0.00504. The summed E-state index contributed by atoms with van der Waals surface area (Å²) >= 11 is 1.28. The average molecular weight is 1310 g/mol. The van der Waals surface area contributed by atoms with Gasteiger partial charge < -0.3 is 55.1 Å². The molecule has 6 amide bonds. The molecule has 3 fully saturated rings. The number of rotatable bonds is 33. The van der Waals surface area contributed by atoms with Gasteiger partial charge in [0.1, 0.15) is 31.3 Å². The van der Waals surface area contributed by atoms with Crippen molar-refractivity contribution in [3.8, 4) is 18.1 Å². The van der Waals surface area contributed by atoms with Crippen LogP contribution in [0.25, 0.3) is 10.9 Å². The number of likely N-dealkylation sites (tertiary alicyclic amines) is 2. The maximum Gasteiger partial charge on any atom is 0.317 e. The Labute approximate surface area is 538 Å². The zero-order chi connectivity index (χ0) is 66.4. The van der Waals surface area contributed by atoms with Crippen LogP contribution in [-0.2, 0) is 63.8 Å². The van der Waals surface area contributed by atoms with Crippen LogP contribution in [0.4, 0.5) is 8.78 Å². The molecule has 0 aliphatic carbocycles. The molecule has 6 rings (SSSR count). The Morgan fingerprint density at radius 1 is 0.815 bits per heavy atom. The Bertz CT molecular complexity index is 3010. The number of nitrogens with one attached hydrogen (secondary N) is 4. The fourth-order valence-corrected chi connectivity index (χ4v) is 11.8.